The summed E-state index contributed by atoms with van der Waals surface area (Å²) < 4.78 is 5.33. The number of rotatable bonds is 16. The van der Waals surface area contributed by atoms with Gasteiger partial charge in [0.15, 0.2) is 12.1 Å². The highest BCUT2D eigenvalue weighted by molar-refractivity contribution is 5.94. The lowest BCUT2D eigenvalue weighted by Gasteiger charge is -2.30. The summed E-state index contributed by atoms with van der Waals surface area (Å²) in [4.78, 5) is 70.1. The van der Waals surface area contributed by atoms with E-state index in [-0.39, 0.29) is 49.3 Å². The summed E-state index contributed by atoms with van der Waals surface area (Å²) in [6.45, 7) is 3.61. The van der Waals surface area contributed by atoms with E-state index in [2.05, 4.69) is 15.6 Å². The quantitative estimate of drug-likeness (QED) is 0.0488. The van der Waals surface area contributed by atoms with Crippen LogP contribution in [0, 0.1) is 5.92 Å². The van der Waals surface area contributed by atoms with Gasteiger partial charge in [0.2, 0.25) is 11.8 Å². The number of benzene rings is 2. The molecule has 0 saturated carbocycles. The fourth-order valence-electron chi connectivity index (χ4n) is 5.44. The highest BCUT2D eigenvalue weighted by atomic mass is 16.5. The second-order valence-corrected chi connectivity index (χ2v) is 11.8. The molecule has 14 heteroatoms. The van der Waals surface area contributed by atoms with Crippen LogP contribution in [-0.4, -0.2) is 88.4 Å². The van der Waals surface area contributed by atoms with Crippen molar-refractivity contribution in [2.45, 2.75) is 76.6 Å². The average Bonchev–Trinajstić information content (AvgIpc) is 3.43. The summed E-state index contributed by atoms with van der Waals surface area (Å²) in [6, 6.07) is 9.72. The normalized spacial score (nSPS) is 17.5. The first-order valence-corrected chi connectivity index (χ1v) is 15.5. The lowest BCUT2D eigenvalue weighted by molar-refractivity contribution is -0.154. The number of hydrogen-bond acceptors (Lipinski definition) is 9. The molecule has 1 aliphatic heterocycles. The molecule has 1 aliphatic rings. The standard InChI is InChI=1S/C33H44N6O8/c1-20-16-28(30(44)37-24(19-40)4-3-15-36-33(34)35)39(18-20)32(46)27(14-9-22-5-10-25(42)11-6-22)38-31(45)29(47-21(2)41)17-23-7-12-26(43)13-8-23/h5-8,10-13,19-20,24,27-29,42-43H,3-4,9,14-18H2,1-2H3,(H,37,44)(H,38,45)(H4,34,35,36)/t20-,24?,27?,28?,29?/m0/s1. The van der Waals surface area contributed by atoms with Crippen LogP contribution in [0.25, 0.3) is 0 Å². The molecule has 14 nitrogen and oxygen atoms in total. The summed E-state index contributed by atoms with van der Waals surface area (Å²) in [5.41, 5.74) is 12.1. The highest BCUT2D eigenvalue weighted by Gasteiger charge is 2.41. The lowest BCUT2D eigenvalue weighted by Crippen LogP contribution is -2.56. The van der Waals surface area contributed by atoms with Crippen molar-refractivity contribution in [3.8, 4) is 11.5 Å². The highest BCUT2D eigenvalue weighted by Crippen LogP contribution is 2.25. The zero-order valence-electron chi connectivity index (χ0n) is 26.6. The SMILES string of the molecule is CC(=O)OC(Cc1ccc(O)cc1)C(=O)NC(CCc1ccc(O)cc1)C(=O)N1C[C@@H](C)CC1C(=O)NC(C=O)CCCN=C(N)N. The third-order valence-electron chi connectivity index (χ3n) is 7.79. The fourth-order valence-corrected chi connectivity index (χ4v) is 5.44. The van der Waals surface area contributed by atoms with E-state index in [4.69, 9.17) is 16.2 Å². The maximum Gasteiger partial charge on any atom is 0.303 e. The molecule has 0 spiro atoms. The summed E-state index contributed by atoms with van der Waals surface area (Å²) in [7, 11) is 0. The first-order valence-electron chi connectivity index (χ1n) is 15.5. The van der Waals surface area contributed by atoms with Gasteiger partial charge in [0.05, 0.1) is 6.04 Å². The molecule has 3 amide bonds. The molecule has 2 aromatic rings. The molecule has 0 aromatic heterocycles. The fraction of sp³-hybridized carbons (Fsp3) is 0.455. The minimum atomic E-state index is -1.27. The van der Waals surface area contributed by atoms with Gasteiger partial charge in [-0.25, -0.2) is 0 Å². The van der Waals surface area contributed by atoms with Gasteiger partial charge in [-0.1, -0.05) is 31.2 Å². The molecular formula is C33H44N6O8. The number of ether oxygens (including phenoxy) is 1. The van der Waals surface area contributed by atoms with E-state index in [1.165, 1.54) is 36.1 Å². The van der Waals surface area contributed by atoms with E-state index in [0.29, 0.717) is 37.5 Å². The van der Waals surface area contributed by atoms with Gasteiger partial charge < -0.3 is 46.7 Å². The number of aryl methyl sites for hydroxylation is 1. The maximum absolute atomic E-state index is 14.1. The molecule has 1 heterocycles. The Morgan fingerprint density at radius 1 is 1.00 bits per heavy atom. The Hall–Kier alpha value is -5.14. The topological polar surface area (TPSA) is 227 Å². The van der Waals surface area contributed by atoms with Crippen LogP contribution in [0.1, 0.15) is 50.7 Å². The Labute approximate surface area is 273 Å². The zero-order valence-corrected chi connectivity index (χ0v) is 26.6. The van der Waals surface area contributed by atoms with Gasteiger partial charge in [0.25, 0.3) is 5.91 Å². The van der Waals surface area contributed by atoms with E-state index in [0.717, 1.165) is 5.56 Å². The molecule has 254 valence electrons. The van der Waals surface area contributed by atoms with Crippen molar-refractivity contribution in [1.29, 1.82) is 0 Å². The van der Waals surface area contributed by atoms with Crippen molar-refractivity contribution in [2.75, 3.05) is 13.1 Å². The number of nitrogens with two attached hydrogens (primary N) is 2. The van der Waals surface area contributed by atoms with E-state index in [1.54, 1.807) is 24.3 Å². The summed E-state index contributed by atoms with van der Waals surface area (Å²) in [5.74, 6) is -2.38. The molecule has 5 atom stereocenters. The monoisotopic (exact) mass is 652 g/mol. The number of nitrogens with one attached hydrogen (secondary N) is 2. The summed E-state index contributed by atoms with van der Waals surface area (Å²) in [5, 5.41) is 24.8. The average molecular weight is 653 g/mol. The molecule has 4 unspecified atom stereocenters. The predicted molar refractivity (Wildman–Crippen MR) is 173 cm³/mol. The summed E-state index contributed by atoms with van der Waals surface area (Å²) in [6.07, 6.45) is 0.932. The van der Waals surface area contributed by atoms with Crippen LogP contribution in [0.15, 0.2) is 53.5 Å². The third-order valence-corrected chi connectivity index (χ3v) is 7.79. The van der Waals surface area contributed by atoms with Crippen LogP contribution < -0.4 is 22.1 Å². The van der Waals surface area contributed by atoms with Crippen LogP contribution in [-0.2, 0) is 41.6 Å². The van der Waals surface area contributed by atoms with Crippen molar-refractivity contribution in [3.63, 3.8) is 0 Å². The van der Waals surface area contributed by atoms with Crippen LogP contribution in [0.3, 0.4) is 0 Å². The number of carbonyl (C=O) groups excluding carboxylic acids is 5. The second kappa shape index (κ2) is 17.5. The Kier molecular flexibility index (Phi) is 13.5. The Balaban J connectivity index is 1.81. The first-order chi connectivity index (χ1) is 22.4. The predicted octanol–water partition coefficient (Wildman–Crippen LogP) is 0.664. The van der Waals surface area contributed by atoms with E-state index in [9.17, 15) is 34.2 Å². The molecule has 1 fully saturated rings. The Morgan fingerprint density at radius 2 is 1.62 bits per heavy atom. The number of aldehydes is 1. The molecule has 0 aliphatic carbocycles. The number of phenolic OH excluding ortho intramolecular Hbond substituents is 2. The van der Waals surface area contributed by atoms with Gasteiger partial charge in [-0.15, -0.1) is 0 Å². The maximum atomic E-state index is 14.1. The minimum Gasteiger partial charge on any atom is -0.508 e. The zero-order chi connectivity index (χ0) is 34.5. The molecule has 0 radical (unpaired) electrons. The van der Waals surface area contributed by atoms with E-state index < -0.39 is 47.9 Å². The number of amides is 3. The largest absolute Gasteiger partial charge is 0.508 e. The molecule has 1 saturated heterocycles. The van der Waals surface area contributed by atoms with E-state index in [1.807, 2.05) is 6.92 Å². The molecule has 3 rings (SSSR count). The van der Waals surface area contributed by atoms with Crippen molar-refractivity contribution in [1.82, 2.24) is 15.5 Å². The van der Waals surface area contributed by atoms with Gasteiger partial charge in [0.1, 0.15) is 29.9 Å². The number of aliphatic imine (C=N–C) groups is 1. The first kappa shape index (κ1) is 36.3. The number of aromatic hydroxyl groups is 2. The third kappa shape index (κ3) is 11.6. The number of likely N-dealkylation sites (tertiary alicyclic amines) is 1. The van der Waals surface area contributed by atoms with Gasteiger partial charge in [-0.3, -0.25) is 24.2 Å². The smallest absolute Gasteiger partial charge is 0.303 e. The molecule has 8 N–H and O–H groups in total. The van der Waals surface area contributed by atoms with Crippen LogP contribution >= 0.6 is 0 Å². The number of phenols is 2. The minimum absolute atomic E-state index is 0.00733. The molecular weight excluding hydrogens is 608 g/mol. The van der Waals surface area contributed by atoms with Crippen LogP contribution in [0.5, 0.6) is 11.5 Å². The molecule has 47 heavy (non-hydrogen) atoms. The lowest BCUT2D eigenvalue weighted by atomic mass is 10.0. The number of esters is 1. The Morgan fingerprint density at radius 3 is 2.19 bits per heavy atom. The van der Waals surface area contributed by atoms with Gasteiger partial charge >= 0.3 is 5.97 Å². The van der Waals surface area contributed by atoms with Gasteiger partial charge in [-0.2, -0.15) is 0 Å². The number of hydrogen-bond donors (Lipinski definition) is 6. The number of guanidine groups is 1. The van der Waals surface area contributed by atoms with Crippen molar-refractivity contribution >= 4 is 35.9 Å². The number of nitrogens with zero attached hydrogens (tertiary/aromatic N) is 2. The molecule has 0 bridgehead atoms. The number of carbonyl (C=O) groups is 5. The second-order valence-electron chi connectivity index (χ2n) is 11.8. The van der Waals surface area contributed by atoms with Crippen molar-refractivity contribution in [2.24, 2.45) is 22.4 Å². The van der Waals surface area contributed by atoms with Crippen LogP contribution in [0.4, 0.5) is 0 Å². The van der Waals surface area contributed by atoms with E-state index >= 15 is 0 Å². The van der Waals surface area contributed by atoms with Crippen LogP contribution in [0.2, 0.25) is 0 Å². The van der Waals surface area contributed by atoms with Crippen molar-refractivity contribution < 1.29 is 38.9 Å². The van der Waals surface area contributed by atoms with Crippen molar-refractivity contribution in [3.05, 3.63) is 59.7 Å². The van der Waals surface area contributed by atoms with Gasteiger partial charge in [-0.05, 0) is 73.4 Å². The summed E-state index contributed by atoms with van der Waals surface area (Å²) >= 11 is 0. The molecule has 2 aromatic carbocycles. The van der Waals surface area contributed by atoms with Gasteiger partial charge in [0, 0.05) is 26.4 Å². The Bertz CT molecular complexity index is 1410.